The average Bonchev–Trinajstić information content (AvgIpc) is 3.13. The quantitative estimate of drug-likeness (QED) is 0.621. The molecule has 1 aromatic rings. The summed E-state index contributed by atoms with van der Waals surface area (Å²) in [5, 5.41) is 18.9. The van der Waals surface area contributed by atoms with Gasteiger partial charge < -0.3 is 14.9 Å². The first kappa shape index (κ1) is 15.0. The van der Waals surface area contributed by atoms with Gasteiger partial charge >= 0.3 is 5.97 Å². The number of anilines is 1. The number of amides is 2. The second-order valence-electron chi connectivity index (χ2n) is 6.56. The first-order chi connectivity index (χ1) is 11.3. The van der Waals surface area contributed by atoms with Gasteiger partial charge in [-0.2, -0.15) is 0 Å². The topological polar surface area (TPSA) is 104 Å². The van der Waals surface area contributed by atoms with E-state index in [-0.39, 0.29) is 11.3 Å². The fraction of sp³-hybridized carbons (Fsp3) is 0.353. The highest BCUT2D eigenvalue weighted by atomic mass is 16.5. The Morgan fingerprint density at radius 1 is 1.25 bits per heavy atom. The van der Waals surface area contributed by atoms with Gasteiger partial charge in [0.05, 0.1) is 35.3 Å². The van der Waals surface area contributed by atoms with Crippen molar-refractivity contribution < 1.29 is 29.3 Å². The smallest absolute Gasteiger partial charge is 0.335 e. The zero-order chi connectivity index (χ0) is 17.3. The van der Waals surface area contributed by atoms with E-state index in [2.05, 4.69) is 0 Å². The molecule has 24 heavy (non-hydrogen) atoms. The largest absolute Gasteiger partial charge is 0.478 e. The van der Waals surface area contributed by atoms with Crippen LogP contribution in [-0.4, -0.2) is 45.8 Å². The van der Waals surface area contributed by atoms with Crippen LogP contribution in [0.25, 0.3) is 0 Å². The maximum atomic E-state index is 12.9. The molecule has 0 unspecified atom stereocenters. The molecule has 0 spiro atoms. The van der Waals surface area contributed by atoms with E-state index in [1.807, 2.05) is 0 Å². The van der Waals surface area contributed by atoms with Crippen molar-refractivity contribution in [1.29, 1.82) is 0 Å². The fourth-order valence-corrected chi connectivity index (χ4v) is 4.07. The lowest BCUT2D eigenvalue weighted by Crippen LogP contribution is -2.43. The standard InChI is InChI=1S/C17H15NO6/c1-16-5-6-17(8-19,24-16)12-11(16)13(20)18(14(12)21)10-4-2-3-9(7-10)15(22)23/h2-7,11-12,19H,8H2,1H3,(H,22,23)/t11-,12+,16-,17-/m0/s1. The van der Waals surface area contributed by atoms with E-state index < -0.39 is 47.4 Å². The lowest BCUT2D eigenvalue weighted by molar-refractivity contribution is -0.131. The van der Waals surface area contributed by atoms with Crippen LogP contribution in [0.5, 0.6) is 0 Å². The molecule has 2 saturated heterocycles. The van der Waals surface area contributed by atoms with E-state index in [1.165, 1.54) is 24.3 Å². The molecule has 0 saturated carbocycles. The molecule has 4 atom stereocenters. The molecule has 2 fully saturated rings. The Morgan fingerprint density at radius 2 is 1.96 bits per heavy atom. The number of aliphatic hydroxyl groups is 1. The van der Waals surface area contributed by atoms with Crippen molar-refractivity contribution in [2.75, 3.05) is 11.5 Å². The lowest BCUT2D eigenvalue weighted by Gasteiger charge is -2.27. The fourth-order valence-electron chi connectivity index (χ4n) is 4.07. The number of hydrogen-bond donors (Lipinski definition) is 2. The molecule has 7 nitrogen and oxygen atoms in total. The Kier molecular flexibility index (Phi) is 2.83. The van der Waals surface area contributed by atoms with Crippen LogP contribution >= 0.6 is 0 Å². The number of rotatable bonds is 3. The molecule has 3 aliphatic heterocycles. The minimum atomic E-state index is -1.19. The molecule has 3 aliphatic rings. The number of carboxylic acid groups (broad SMARTS) is 1. The van der Waals surface area contributed by atoms with Crippen molar-refractivity contribution in [2.45, 2.75) is 18.1 Å². The van der Waals surface area contributed by atoms with Gasteiger partial charge in [0.15, 0.2) is 0 Å². The van der Waals surface area contributed by atoms with Gasteiger partial charge in [-0.05, 0) is 25.1 Å². The van der Waals surface area contributed by atoms with Crippen LogP contribution in [0.4, 0.5) is 5.69 Å². The summed E-state index contributed by atoms with van der Waals surface area (Å²) in [6.07, 6.45) is 3.36. The molecular formula is C17H15NO6. The minimum absolute atomic E-state index is 0.00871. The first-order valence-corrected chi connectivity index (χ1v) is 7.55. The van der Waals surface area contributed by atoms with E-state index >= 15 is 0 Å². The highest BCUT2D eigenvalue weighted by Crippen LogP contribution is 2.57. The van der Waals surface area contributed by atoms with Crippen molar-refractivity contribution in [3.8, 4) is 0 Å². The third-order valence-electron chi connectivity index (χ3n) is 5.15. The number of nitrogens with zero attached hydrogens (tertiary/aromatic N) is 1. The van der Waals surface area contributed by atoms with E-state index in [9.17, 15) is 19.5 Å². The Labute approximate surface area is 137 Å². The summed E-state index contributed by atoms with van der Waals surface area (Å²) in [4.78, 5) is 38.0. The summed E-state index contributed by atoms with van der Waals surface area (Å²) >= 11 is 0. The maximum Gasteiger partial charge on any atom is 0.335 e. The van der Waals surface area contributed by atoms with E-state index in [4.69, 9.17) is 9.84 Å². The molecule has 3 heterocycles. The number of imide groups is 1. The number of hydrogen-bond acceptors (Lipinski definition) is 5. The Bertz CT molecular complexity index is 817. The number of carbonyl (C=O) groups excluding carboxylic acids is 2. The number of fused-ring (bicyclic) bond motifs is 5. The zero-order valence-corrected chi connectivity index (χ0v) is 12.8. The number of carboxylic acids is 1. The SMILES string of the molecule is C[C@@]12C=C[C@@](CO)(O1)[C@H]1C(=O)N(c3cccc(C(=O)O)c3)C(=O)[C@H]12. The number of carbonyl (C=O) groups is 3. The molecule has 2 N–H and O–H groups in total. The summed E-state index contributed by atoms with van der Waals surface area (Å²) in [6, 6.07) is 5.69. The van der Waals surface area contributed by atoms with E-state index in [0.29, 0.717) is 0 Å². The van der Waals surface area contributed by atoms with Crippen LogP contribution in [0.2, 0.25) is 0 Å². The summed E-state index contributed by atoms with van der Waals surface area (Å²) in [7, 11) is 0. The molecule has 4 rings (SSSR count). The molecular weight excluding hydrogens is 314 g/mol. The van der Waals surface area contributed by atoms with Gasteiger partial charge in [0, 0.05) is 0 Å². The Hall–Kier alpha value is -2.51. The molecule has 7 heteroatoms. The number of aliphatic hydroxyl groups excluding tert-OH is 1. The van der Waals surface area contributed by atoms with Crippen molar-refractivity contribution in [1.82, 2.24) is 0 Å². The van der Waals surface area contributed by atoms with Gasteiger partial charge in [0.1, 0.15) is 5.60 Å². The number of ether oxygens (including phenoxy) is 1. The summed E-state index contributed by atoms with van der Waals surface area (Å²) in [5.74, 6) is -3.58. The van der Waals surface area contributed by atoms with Crippen LogP contribution in [0.3, 0.4) is 0 Å². The van der Waals surface area contributed by atoms with Gasteiger partial charge in [0.25, 0.3) is 0 Å². The lowest BCUT2D eigenvalue weighted by atomic mass is 9.73. The monoisotopic (exact) mass is 329 g/mol. The second-order valence-corrected chi connectivity index (χ2v) is 6.56. The molecule has 0 aliphatic carbocycles. The van der Waals surface area contributed by atoms with Crippen LogP contribution in [0, 0.1) is 11.8 Å². The van der Waals surface area contributed by atoms with Gasteiger partial charge in [-0.15, -0.1) is 0 Å². The third kappa shape index (κ3) is 1.65. The molecule has 1 aromatic carbocycles. The highest BCUT2D eigenvalue weighted by Gasteiger charge is 2.72. The van der Waals surface area contributed by atoms with Gasteiger partial charge in [-0.1, -0.05) is 18.2 Å². The van der Waals surface area contributed by atoms with Gasteiger partial charge in [0.2, 0.25) is 11.8 Å². The average molecular weight is 329 g/mol. The van der Waals surface area contributed by atoms with Crippen LogP contribution in [0.15, 0.2) is 36.4 Å². The van der Waals surface area contributed by atoms with Crippen molar-refractivity contribution >= 4 is 23.5 Å². The Balaban J connectivity index is 1.80. The first-order valence-electron chi connectivity index (χ1n) is 7.55. The maximum absolute atomic E-state index is 12.9. The van der Waals surface area contributed by atoms with Gasteiger partial charge in [-0.25, -0.2) is 9.69 Å². The Morgan fingerprint density at radius 3 is 2.62 bits per heavy atom. The summed E-state index contributed by atoms with van der Waals surface area (Å²) in [5.41, 5.74) is -1.93. The van der Waals surface area contributed by atoms with E-state index in [1.54, 1.807) is 19.1 Å². The second kappa shape index (κ2) is 4.52. The molecule has 0 aromatic heterocycles. The highest BCUT2D eigenvalue weighted by molar-refractivity contribution is 6.23. The van der Waals surface area contributed by atoms with E-state index in [0.717, 1.165) is 4.90 Å². The number of aromatic carboxylic acids is 1. The van der Waals surface area contributed by atoms with Crippen LogP contribution < -0.4 is 4.90 Å². The molecule has 2 amide bonds. The minimum Gasteiger partial charge on any atom is -0.478 e. The predicted octanol–water partition coefficient (Wildman–Crippen LogP) is 0.580. The van der Waals surface area contributed by atoms with Crippen molar-refractivity contribution in [3.05, 3.63) is 42.0 Å². The summed E-state index contributed by atoms with van der Waals surface area (Å²) in [6.45, 7) is 1.32. The summed E-state index contributed by atoms with van der Waals surface area (Å²) < 4.78 is 5.83. The zero-order valence-electron chi connectivity index (χ0n) is 12.8. The van der Waals surface area contributed by atoms with Crippen molar-refractivity contribution in [3.63, 3.8) is 0 Å². The van der Waals surface area contributed by atoms with Crippen molar-refractivity contribution in [2.24, 2.45) is 11.8 Å². The third-order valence-corrected chi connectivity index (χ3v) is 5.15. The normalized spacial score (nSPS) is 36.5. The number of benzene rings is 1. The van der Waals surface area contributed by atoms with Crippen LogP contribution in [-0.2, 0) is 14.3 Å². The van der Waals surface area contributed by atoms with Gasteiger partial charge in [-0.3, -0.25) is 9.59 Å². The molecule has 2 bridgehead atoms. The predicted molar refractivity (Wildman–Crippen MR) is 81.3 cm³/mol. The molecule has 124 valence electrons. The van der Waals surface area contributed by atoms with Crippen LogP contribution in [0.1, 0.15) is 17.3 Å². The molecule has 0 radical (unpaired) electrons.